The quantitative estimate of drug-likeness (QED) is 0.771. The molecule has 1 aliphatic carbocycles. The summed E-state index contributed by atoms with van der Waals surface area (Å²) in [4.78, 5) is 15.2. The van der Waals surface area contributed by atoms with Gasteiger partial charge in [0.25, 0.3) is 5.91 Å². The van der Waals surface area contributed by atoms with Crippen LogP contribution in [0.25, 0.3) is 0 Å². The molecule has 1 amide bonds. The first kappa shape index (κ1) is 16.1. The number of carbonyl (C=O) groups excluding carboxylic acids is 1. The van der Waals surface area contributed by atoms with Gasteiger partial charge in [0.2, 0.25) is 0 Å². The molecule has 0 bridgehead atoms. The fourth-order valence-corrected chi connectivity index (χ4v) is 3.69. The molecule has 21 heavy (non-hydrogen) atoms. The summed E-state index contributed by atoms with van der Waals surface area (Å²) in [5, 5.41) is 4.14. The Labute approximate surface area is 131 Å². The minimum absolute atomic E-state index is 0.0172. The van der Waals surface area contributed by atoms with Crippen molar-refractivity contribution < 1.29 is 4.79 Å². The van der Waals surface area contributed by atoms with Gasteiger partial charge in [-0.3, -0.25) is 4.79 Å². The molecule has 1 fully saturated rings. The number of rotatable bonds is 8. The second kappa shape index (κ2) is 7.16. The Morgan fingerprint density at radius 2 is 2.10 bits per heavy atom. The number of amides is 1. The average molecular weight is 309 g/mol. The lowest BCUT2D eigenvalue weighted by atomic mass is 10.1. The summed E-state index contributed by atoms with van der Waals surface area (Å²) in [6.07, 6.45) is 5.68. The maximum Gasteiger partial charge on any atom is 0.263 e. The standard InChI is InChI=1S/C16H27N3OS/c1-4-6-10-19(3)16-12(11-7-8-11)13(17)14(21-16)15(20)18-9-5-2/h11H,4-10,17H2,1-3H3,(H,18,20). The van der Waals surface area contributed by atoms with E-state index in [1.54, 1.807) is 11.3 Å². The van der Waals surface area contributed by atoms with Gasteiger partial charge in [0.1, 0.15) is 4.88 Å². The molecule has 1 aromatic rings. The molecule has 0 unspecified atom stereocenters. The second-order valence-corrected chi connectivity index (χ2v) is 6.87. The van der Waals surface area contributed by atoms with Gasteiger partial charge in [0, 0.05) is 25.7 Å². The van der Waals surface area contributed by atoms with Gasteiger partial charge in [-0.05, 0) is 31.6 Å². The van der Waals surface area contributed by atoms with Gasteiger partial charge in [-0.2, -0.15) is 0 Å². The van der Waals surface area contributed by atoms with Crippen LogP contribution in [-0.2, 0) is 0 Å². The van der Waals surface area contributed by atoms with E-state index in [1.165, 1.54) is 29.8 Å². The Morgan fingerprint density at radius 1 is 1.38 bits per heavy atom. The van der Waals surface area contributed by atoms with Crippen molar-refractivity contribution in [1.29, 1.82) is 0 Å². The fourth-order valence-electron chi connectivity index (χ4n) is 2.48. The molecule has 0 spiro atoms. The predicted octanol–water partition coefficient (Wildman–Crippen LogP) is 3.58. The van der Waals surface area contributed by atoms with Gasteiger partial charge in [0.15, 0.2) is 0 Å². The molecule has 0 atom stereocenters. The van der Waals surface area contributed by atoms with Crippen LogP contribution in [0.5, 0.6) is 0 Å². The number of nitrogens with two attached hydrogens (primary N) is 1. The molecule has 1 aromatic heterocycles. The van der Waals surface area contributed by atoms with Gasteiger partial charge < -0.3 is 16.0 Å². The highest BCUT2D eigenvalue weighted by Crippen LogP contribution is 2.51. The van der Waals surface area contributed by atoms with Crippen molar-refractivity contribution in [3.63, 3.8) is 0 Å². The van der Waals surface area contributed by atoms with Crippen molar-refractivity contribution in [2.45, 2.75) is 51.9 Å². The van der Waals surface area contributed by atoms with Crippen molar-refractivity contribution in [3.8, 4) is 0 Å². The molecule has 5 heteroatoms. The molecule has 0 radical (unpaired) electrons. The Bertz CT molecular complexity index is 494. The summed E-state index contributed by atoms with van der Waals surface area (Å²) < 4.78 is 0. The molecule has 1 saturated carbocycles. The number of carbonyl (C=O) groups is 1. The lowest BCUT2D eigenvalue weighted by molar-refractivity contribution is 0.0958. The van der Waals surface area contributed by atoms with Crippen LogP contribution in [0.2, 0.25) is 0 Å². The number of anilines is 2. The van der Waals surface area contributed by atoms with E-state index in [1.807, 2.05) is 0 Å². The van der Waals surface area contributed by atoms with E-state index in [9.17, 15) is 4.79 Å². The van der Waals surface area contributed by atoms with Gasteiger partial charge in [0.05, 0.1) is 10.7 Å². The number of nitrogen functional groups attached to an aromatic ring is 1. The molecule has 0 aliphatic heterocycles. The largest absolute Gasteiger partial charge is 0.397 e. The number of unbranched alkanes of at least 4 members (excludes halogenated alkanes) is 1. The van der Waals surface area contributed by atoms with E-state index >= 15 is 0 Å². The first-order valence-electron chi connectivity index (χ1n) is 8.01. The van der Waals surface area contributed by atoms with Gasteiger partial charge >= 0.3 is 0 Å². The highest BCUT2D eigenvalue weighted by molar-refractivity contribution is 7.18. The second-order valence-electron chi connectivity index (χ2n) is 5.87. The lowest BCUT2D eigenvalue weighted by Crippen LogP contribution is -2.23. The number of thiophene rings is 1. The zero-order chi connectivity index (χ0) is 15.4. The van der Waals surface area contributed by atoms with E-state index < -0.39 is 0 Å². The van der Waals surface area contributed by atoms with Crippen molar-refractivity contribution in [1.82, 2.24) is 5.32 Å². The van der Waals surface area contributed by atoms with Gasteiger partial charge in [-0.25, -0.2) is 0 Å². The maximum absolute atomic E-state index is 12.3. The highest BCUT2D eigenvalue weighted by atomic mass is 32.1. The molecule has 1 heterocycles. The lowest BCUT2D eigenvalue weighted by Gasteiger charge is -2.19. The van der Waals surface area contributed by atoms with Crippen LogP contribution in [0, 0.1) is 0 Å². The third kappa shape index (κ3) is 3.70. The number of nitrogens with zero attached hydrogens (tertiary/aromatic N) is 1. The third-order valence-corrected chi connectivity index (χ3v) is 5.22. The minimum Gasteiger partial charge on any atom is -0.397 e. The molecular formula is C16H27N3OS. The van der Waals surface area contributed by atoms with E-state index in [-0.39, 0.29) is 5.91 Å². The molecule has 0 aromatic carbocycles. The van der Waals surface area contributed by atoms with Crippen LogP contribution in [0.4, 0.5) is 10.7 Å². The Hall–Kier alpha value is -1.23. The Kier molecular flexibility index (Phi) is 5.51. The zero-order valence-electron chi connectivity index (χ0n) is 13.4. The van der Waals surface area contributed by atoms with Gasteiger partial charge in [-0.15, -0.1) is 11.3 Å². The molecule has 3 N–H and O–H groups in total. The van der Waals surface area contributed by atoms with Crippen molar-refractivity contribution in [3.05, 3.63) is 10.4 Å². The predicted molar refractivity (Wildman–Crippen MR) is 91.5 cm³/mol. The number of hydrogen-bond donors (Lipinski definition) is 2. The molecular weight excluding hydrogens is 282 g/mol. The SMILES string of the molecule is CCCCN(C)c1sc(C(=O)NCCC)c(N)c1C1CC1. The summed E-state index contributed by atoms with van der Waals surface area (Å²) in [5.74, 6) is 0.546. The van der Waals surface area contributed by atoms with Crippen molar-refractivity contribution in [2.75, 3.05) is 30.8 Å². The zero-order valence-corrected chi connectivity index (χ0v) is 14.2. The van der Waals surface area contributed by atoms with E-state index in [0.29, 0.717) is 17.3 Å². The summed E-state index contributed by atoms with van der Waals surface area (Å²) in [6, 6.07) is 0. The Morgan fingerprint density at radius 3 is 2.67 bits per heavy atom. The topological polar surface area (TPSA) is 58.4 Å². The number of nitrogens with one attached hydrogen (secondary N) is 1. The van der Waals surface area contributed by atoms with Crippen molar-refractivity contribution >= 4 is 27.9 Å². The molecule has 2 rings (SSSR count). The van der Waals surface area contributed by atoms with Crippen LogP contribution in [0.3, 0.4) is 0 Å². The normalized spacial score (nSPS) is 14.2. The van der Waals surface area contributed by atoms with Crippen molar-refractivity contribution in [2.24, 2.45) is 0 Å². The van der Waals surface area contributed by atoms with Crippen LogP contribution in [0.1, 0.15) is 67.1 Å². The monoisotopic (exact) mass is 309 g/mol. The smallest absolute Gasteiger partial charge is 0.263 e. The summed E-state index contributed by atoms with van der Waals surface area (Å²) >= 11 is 1.56. The minimum atomic E-state index is -0.0172. The van der Waals surface area contributed by atoms with E-state index in [0.717, 1.165) is 25.1 Å². The van der Waals surface area contributed by atoms with E-state index in [2.05, 4.69) is 31.1 Å². The van der Waals surface area contributed by atoms with Crippen LogP contribution >= 0.6 is 11.3 Å². The van der Waals surface area contributed by atoms with Crippen LogP contribution < -0.4 is 16.0 Å². The molecule has 1 aliphatic rings. The van der Waals surface area contributed by atoms with Crippen LogP contribution in [0.15, 0.2) is 0 Å². The third-order valence-electron chi connectivity index (χ3n) is 3.89. The number of hydrogen-bond acceptors (Lipinski definition) is 4. The highest BCUT2D eigenvalue weighted by Gasteiger charge is 2.33. The first-order valence-corrected chi connectivity index (χ1v) is 8.83. The molecule has 0 saturated heterocycles. The van der Waals surface area contributed by atoms with E-state index in [4.69, 9.17) is 5.73 Å². The molecule has 4 nitrogen and oxygen atoms in total. The average Bonchev–Trinajstić information content (AvgIpc) is 3.25. The maximum atomic E-state index is 12.3. The fraction of sp³-hybridized carbons (Fsp3) is 0.688. The first-order chi connectivity index (χ1) is 10.1. The van der Waals surface area contributed by atoms with Gasteiger partial charge in [-0.1, -0.05) is 20.3 Å². The summed E-state index contributed by atoms with van der Waals surface area (Å²) in [5.41, 5.74) is 8.25. The summed E-state index contributed by atoms with van der Waals surface area (Å²) in [7, 11) is 2.11. The molecule has 118 valence electrons. The Balaban J connectivity index is 2.25. The van der Waals surface area contributed by atoms with Crippen LogP contribution in [-0.4, -0.2) is 26.0 Å². The summed E-state index contributed by atoms with van der Waals surface area (Å²) in [6.45, 7) is 5.97.